The van der Waals surface area contributed by atoms with Crippen LogP contribution in [0.1, 0.15) is 5.56 Å². The minimum absolute atomic E-state index is 0.594. The SMILES string of the molecule is [C-]#[N+]c1cnc2cc(C)ccc2c1. The van der Waals surface area contributed by atoms with Gasteiger partial charge in [-0.05, 0) is 30.0 Å². The van der Waals surface area contributed by atoms with E-state index in [1.165, 1.54) is 5.56 Å². The Labute approximate surface area is 76.7 Å². The predicted molar refractivity (Wildman–Crippen MR) is 52.7 cm³/mol. The zero-order chi connectivity index (χ0) is 9.26. The monoisotopic (exact) mass is 168 g/mol. The highest BCUT2D eigenvalue weighted by molar-refractivity contribution is 5.82. The molecule has 1 aromatic heterocycles. The number of rotatable bonds is 0. The average molecular weight is 168 g/mol. The van der Waals surface area contributed by atoms with Crippen molar-refractivity contribution in [2.24, 2.45) is 0 Å². The van der Waals surface area contributed by atoms with Crippen molar-refractivity contribution in [1.29, 1.82) is 0 Å². The second-order valence-electron chi connectivity index (χ2n) is 3.00. The number of aromatic nitrogens is 1. The Morgan fingerprint density at radius 2 is 2.15 bits per heavy atom. The van der Waals surface area contributed by atoms with E-state index in [0.717, 1.165) is 10.9 Å². The van der Waals surface area contributed by atoms with Crippen LogP contribution in [0.15, 0.2) is 30.5 Å². The van der Waals surface area contributed by atoms with E-state index in [-0.39, 0.29) is 0 Å². The fraction of sp³-hybridized carbons (Fsp3) is 0.0909. The van der Waals surface area contributed by atoms with Crippen LogP contribution < -0.4 is 0 Å². The summed E-state index contributed by atoms with van der Waals surface area (Å²) in [5.41, 5.74) is 2.74. The molecule has 0 spiro atoms. The van der Waals surface area contributed by atoms with Crippen molar-refractivity contribution in [3.8, 4) is 0 Å². The van der Waals surface area contributed by atoms with Crippen LogP contribution in [-0.2, 0) is 0 Å². The van der Waals surface area contributed by atoms with E-state index in [4.69, 9.17) is 6.57 Å². The molecule has 2 rings (SSSR count). The van der Waals surface area contributed by atoms with Gasteiger partial charge in [0.25, 0.3) is 0 Å². The highest BCUT2D eigenvalue weighted by Crippen LogP contribution is 2.19. The van der Waals surface area contributed by atoms with Crippen molar-refractivity contribution < 1.29 is 0 Å². The molecule has 0 radical (unpaired) electrons. The Hall–Kier alpha value is -1.88. The van der Waals surface area contributed by atoms with Crippen LogP contribution in [0.4, 0.5) is 5.69 Å². The van der Waals surface area contributed by atoms with Crippen LogP contribution in [0.2, 0.25) is 0 Å². The first-order valence-corrected chi connectivity index (χ1v) is 4.03. The summed E-state index contributed by atoms with van der Waals surface area (Å²) in [6.07, 6.45) is 1.61. The summed E-state index contributed by atoms with van der Waals surface area (Å²) < 4.78 is 0. The van der Waals surface area contributed by atoms with E-state index >= 15 is 0 Å². The highest BCUT2D eigenvalue weighted by Gasteiger charge is 1.96. The Bertz CT molecular complexity index is 495. The van der Waals surface area contributed by atoms with Crippen molar-refractivity contribution in [3.63, 3.8) is 0 Å². The third-order valence-corrected chi connectivity index (χ3v) is 1.95. The van der Waals surface area contributed by atoms with E-state index in [1.54, 1.807) is 6.20 Å². The second-order valence-corrected chi connectivity index (χ2v) is 3.00. The van der Waals surface area contributed by atoms with Crippen molar-refractivity contribution >= 4 is 16.6 Å². The van der Waals surface area contributed by atoms with Gasteiger partial charge in [0.15, 0.2) is 0 Å². The van der Waals surface area contributed by atoms with E-state index in [1.807, 2.05) is 31.2 Å². The first-order valence-electron chi connectivity index (χ1n) is 4.03. The molecule has 0 N–H and O–H groups in total. The maximum Gasteiger partial charge on any atom is 0.205 e. The fourth-order valence-electron chi connectivity index (χ4n) is 1.28. The third-order valence-electron chi connectivity index (χ3n) is 1.95. The van der Waals surface area contributed by atoms with Gasteiger partial charge in [-0.2, -0.15) is 0 Å². The topological polar surface area (TPSA) is 17.2 Å². The normalized spacial score (nSPS) is 9.85. The molecule has 1 heterocycles. The summed E-state index contributed by atoms with van der Waals surface area (Å²) >= 11 is 0. The van der Waals surface area contributed by atoms with Gasteiger partial charge in [-0.15, -0.1) is 0 Å². The summed E-state index contributed by atoms with van der Waals surface area (Å²) in [4.78, 5) is 7.53. The smallest absolute Gasteiger partial charge is 0.205 e. The lowest BCUT2D eigenvalue weighted by molar-refractivity contribution is 1.39. The number of pyridine rings is 1. The third kappa shape index (κ3) is 1.36. The number of fused-ring (bicyclic) bond motifs is 1. The van der Waals surface area contributed by atoms with Crippen LogP contribution in [-0.4, -0.2) is 4.98 Å². The van der Waals surface area contributed by atoms with Gasteiger partial charge in [-0.25, -0.2) is 4.85 Å². The second kappa shape index (κ2) is 2.87. The van der Waals surface area contributed by atoms with Gasteiger partial charge in [0.1, 0.15) is 0 Å². The van der Waals surface area contributed by atoms with Gasteiger partial charge >= 0.3 is 0 Å². The molecule has 2 aromatic rings. The van der Waals surface area contributed by atoms with Gasteiger partial charge in [-0.1, -0.05) is 12.1 Å². The van der Waals surface area contributed by atoms with Crippen LogP contribution in [0.25, 0.3) is 15.7 Å². The van der Waals surface area contributed by atoms with Gasteiger partial charge in [0.2, 0.25) is 5.69 Å². The molecule has 0 aliphatic carbocycles. The van der Waals surface area contributed by atoms with Crippen molar-refractivity contribution in [2.75, 3.05) is 0 Å². The molecule has 0 aliphatic heterocycles. The predicted octanol–water partition coefficient (Wildman–Crippen LogP) is 3.09. The summed E-state index contributed by atoms with van der Waals surface area (Å²) in [6.45, 7) is 8.88. The molecule has 0 saturated carbocycles. The average Bonchev–Trinajstić information content (AvgIpc) is 2.17. The lowest BCUT2D eigenvalue weighted by atomic mass is 10.1. The van der Waals surface area contributed by atoms with Gasteiger partial charge in [0, 0.05) is 6.20 Å². The molecule has 0 atom stereocenters. The quantitative estimate of drug-likeness (QED) is 0.552. The van der Waals surface area contributed by atoms with Crippen LogP contribution in [0.5, 0.6) is 0 Å². The largest absolute Gasteiger partial charge is 0.268 e. The van der Waals surface area contributed by atoms with Crippen LogP contribution in [0, 0.1) is 13.5 Å². The molecule has 0 saturated heterocycles. The maximum atomic E-state index is 6.85. The molecular weight excluding hydrogens is 160 g/mol. The van der Waals surface area contributed by atoms with Crippen molar-refractivity contribution in [3.05, 3.63) is 47.4 Å². The summed E-state index contributed by atoms with van der Waals surface area (Å²) in [7, 11) is 0. The number of benzene rings is 1. The number of nitrogens with zero attached hydrogens (tertiary/aromatic N) is 2. The fourth-order valence-corrected chi connectivity index (χ4v) is 1.28. The Kier molecular flexibility index (Phi) is 1.71. The van der Waals surface area contributed by atoms with E-state index in [2.05, 4.69) is 9.83 Å². The van der Waals surface area contributed by atoms with Crippen LogP contribution >= 0.6 is 0 Å². The lowest BCUT2D eigenvalue weighted by Gasteiger charge is -1.98. The van der Waals surface area contributed by atoms with E-state index in [0.29, 0.717) is 5.69 Å². The molecule has 62 valence electrons. The standard InChI is InChI=1S/C11H8N2/c1-8-3-4-9-6-10(12-2)7-13-11(9)5-8/h3-7H,1H3. The Morgan fingerprint density at radius 1 is 1.31 bits per heavy atom. The van der Waals surface area contributed by atoms with Crippen LogP contribution in [0.3, 0.4) is 0 Å². The zero-order valence-corrected chi connectivity index (χ0v) is 7.28. The van der Waals surface area contributed by atoms with Gasteiger partial charge < -0.3 is 0 Å². The molecule has 13 heavy (non-hydrogen) atoms. The first-order chi connectivity index (χ1) is 6.29. The van der Waals surface area contributed by atoms with Crippen molar-refractivity contribution in [2.45, 2.75) is 6.92 Å². The molecule has 0 aliphatic rings. The molecule has 0 unspecified atom stereocenters. The molecule has 0 fully saturated rings. The molecule has 2 nitrogen and oxygen atoms in total. The minimum atomic E-state index is 0.594. The van der Waals surface area contributed by atoms with Gasteiger partial charge in [0.05, 0.1) is 12.1 Å². The molecule has 0 bridgehead atoms. The molecule has 1 aromatic carbocycles. The minimum Gasteiger partial charge on any atom is -0.268 e. The Morgan fingerprint density at radius 3 is 2.92 bits per heavy atom. The summed E-state index contributed by atoms with van der Waals surface area (Å²) in [5, 5.41) is 1.03. The maximum absolute atomic E-state index is 6.85. The molecule has 0 amide bonds. The zero-order valence-electron chi connectivity index (χ0n) is 7.28. The summed E-state index contributed by atoms with van der Waals surface area (Å²) in [6, 6.07) is 7.89. The van der Waals surface area contributed by atoms with E-state index in [9.17, 15) is 0 Å². The lowest BCUT2D eigenvalue weighted by Crippen LogP contribution is -1.78. The first kappa shape index (κ1) is 7.75. The van der Waals surface area contributed by atoms with Crippen molar-refractivity contribution in [1.82, 2.24) is 4.98 Å². The molecular formula is C11H8N2. The number of aryl methyl sites for hydroxylation is 1. The number of hydrogen-bond donors (Lipinski definition) is 0. The van der Waals surface area contributed by atoms with E-state index < -0.39 is 0 Å². The number of hydrogen-bond acceptors (Lipinski definition) is 1. The van der Waals surface area contributed by atoms with Gasteiger partial charge in [-0.3, -0.25) is 4.98 Å². The Balaban J connectivity index is 2.75. The molecule has 2 heteroatoms. The highest BCUT2D eigenvalue weighted by atomic mass is 14.7. The summed E-state index contributed by atoms with van der Waals surface area (Å²) in [5.74, 6) is 0.